The van der Waals surface area contributed by atoms with Crippen LogP contribution in [0.3, 0.4) is 0 Å². The molecule has 0 radical (unpaired) electrons. The van der Waals surface area contributed by atoms with Crippen LogP contribution in [0.2, 0.25) is 0 Å². The Balaban J connectivity index is 2.45. The number of thioether (sulfide) groups is 1. The highest BCUT2D eigenvalue weighted by Crippen LogP contribution is 2.35. The molecule has 1 amide bonds. The van der Waals surface area contributed by atoms with Crippen LogP contribution in [0.1, 0.15) is 52.4 Å². The van der Waals surface area contributed by atoms with Gasteiger partial charge in [-0.1, -0.05) is 26.2 Å². The standard InChI is InChI=1S/C14H24N2OS/c1-3-18-10-7-12(2)16-13(17)14(11-15)8-5-4-6-9-14/h12H,3-10H2,1-2H3,(H,16,17)/t12-/m0/s1. The van der Waals surface area contributed by atoms with Gasteiger partial charge in [0.05, 0.1) is 6.07 Å². The fourth-order valence-corrected chi connectivity index (χ4v) is 3.19. The first-order valence-electron chi connectivity index (χ1n) is 6.94. The number of nitriles is 1. The number of carbonyl (C=O) groups is 1. The van der Waals surface area contributed by atoms with Gasteiger partial charge in [-0.05, 0) is 37.7 Å². The molecule has 1 aliphatic carbocycles. The highest BCUT2D eigenvalue weighted by molar-refractivity contribution is 7.99. The van der Waals surface area contributed by atoms with Gasteiger partial charge < -0.3 is 5.32 Å². The first-order valence-corrected chi connectivity index (χ1v) is 8.10. The predicted octanol–water partition coefficient (Wildman–Crippen LogP) is 3.11. The molecule has 1 aliphatic rings. The molecule has 102 valence electrons. The van der Waals surface area contributed by atoms with Crippen molar-refractivity contribution >= 4 is 17.7 Å². The lowest BCUT2D eigenvalue weighted by Crippen LogP contribution is -2.45. The van der Waals surface area contributed by atoms with Crippen molar-refractivity contribution in [3.05, 3.63) is 0 Å². The lowest BCUT2D eigenvalue weighted by atomic mass is 9.74. The minimum absolute atomic E-state index is 0.0429. The Bertz CT molecular complexity index is 305. The van der Waals surface area contributed by atoms with E-state index in [2.05, 4.69) is 18.3 Å². The Morgan fingerprint density at radius 1 is 1.44 bits per heavy atom. The molecule has 4 heteroatoms. The van der Waals surface area contributed by atoms with Crippen molar-refractivity contribution in [2.24, 2.45) is 5.41 Å². The number of hydrogen-bond donors (Lipinski definition) is 1. The largest absolute Gasteiger partial charge is 0.352 e. The van der Waals surface area contributed by atoms with E-state index < -0.39 is 5.41 Å². The van der Waals surface area contributed by atoms with Gasteiger partial charge in [0.25, 0.3) is 0 Å². The van der Waals surface area contributed by atoms with Gasteiger partial charge in [0, 0.05) is 6.04 Å². The normalized spacial score (nSPS) is 19.8. The SMILES string of the molecule is CCSCC[C@H](C)NC(=O)C1(C#N)CCCCC1. The molecule has 1 N–H and O–H groups in total. The highest BCUT2D eigenvalue weighted by atomic mass is 32.2. The summed E-state index contributed by atoms with van der Waals surface area (Å²) in [4.78, 5) is 12.3. The quantitative estimate of drug-likeness (QED) is 0.753. The van der Waals surface area contributed by atoms with Gasteiger partial charge in [-0.3, -0.25) is 4.79 Å². The molecule has 0 aromatic carbocycles. The average molecular weight is 268 g/mol. The van der Waals surface area contributed by atoms with Crippen LogP contribution in [0.4, 0.5) is 0 Å². The molecule has 0 heterocycles. The molecule has 0 aromatic heterocycles. The summed E-state index contributed by atoms with van der Waals surface area (Å²) in [5.41, 5.74) is -0.746. The predicted molar refractivity (Wildman–Crippen MR) is 76.4 cm³/mol. The van der Waals surface area contributed by atoms with E-state index in [0.717, 1.165) is 50.0 Å². The number of carbonyl (C=O) groups excluding carboxylic acids is 1. The van der Waals surface area contributed by atoms with Gasteiger partial charge in [0.15, 0.2) is 0 Å². The molecule has 18 heavy (non-hydrogen) atoms. The van der Waals surface area contributed by atoms with Crippen molar-refractivity contribution in [2.75, 3.05) is 11.5 Å². The highest BCUT2D eigenvalue weighted by Gasteiger charge is 2.40. The van der Waals surface area contributed by atoms with Gasteiger partial charge >= 0.3 is 0 Å². The topological polar surface area (TPSA) is 52.9 Å². The van der Waals surface area contributed by atoms with E-state index in [1.54, 1.807) is 0 Å². The summed E-state index contributed by atoms with van der Waals surface area (Å²) in [6.45, 7) is 4.17. The van der Waals surface area contributed by atoms with E-state index in [1.165, 1.54) is 0 Å². The molecule has 0 aliphatic heterocycles. The molecule has 3 nitrogen and oxygen atoms in total. The van der Waals surface area contributed by atoms with Crippen LogP contribution in [0.15, 0.2) is 0 Å². The zero-order valence-electron chi connectivity index (χ0n) is 11.5. The second-order valence-electron chi connectivity index (χ2n) is 5.11. The number of nitrogens with zero attached hydrogens (tertiary/aromatic N) is 1. The molecule has 1 saturated carbocycles. The number of nitrogens with one attached hydrogen (secondary N) is 1. The maximum absolute atomic E-state index is 12.3. The van der Waals surface area contributed by atoms with Gasteiger partial charge in [-0.2, -0.15) is 17.0 Å². The Kier molecular flexibility index (Phi) is 6.56. The van der Waals surface area contributed by atoms with Crippen molar-refractivity contribution < 1.29 is 4.79 Å². The summed E-state index contributed by atoms with van der Waals surface area (Å²) in [5.74, 6) is 2.14. The number of rotatable bonds is 6. The second-order valence-corrected chi connectivity index (χ2v) is 6.51. The first-order chi connectivity index (χ1) is 8.64. The van der Waals surface area contributed by atoms with Crippen LogP contribution in [0.25, 0.3) is 0 Å². The Morgan fingerprint density at radius 3 is 2.67 bits per heavy atom. The van der Waals surface area contributed by atoms with Crippen LogP contribution in [0, 0.1) is 16.7 Å². The zero-order valence-corrected chi connectivity index (χ0v) is 12.3. The minimum atomic E-state index is -0.746. The van der Waals surface area contributed by atoms with Crippen molar-refractivity contribution in [1.29, 1.82) is 5.26 Å². The summed E-state index contributed by atoms with van der Waals surface area (Å²) in [5, 5.41) is 12.3. The molecule has 1 atom stereocenters. The minimum Gasteiger partial charge on any atom is -0.352 e. The number of amides is 1. The third-order valence-electron chi connectivity index (χ3n) is 3.63. The van der Waals surface area contributed by atoms with Gasteiger partial charge in [-0.15, -0.1) is 0 Å². The fraction of sp³-hybridized carbons (Fsp3) is 0.857. The van der Waals surface area contributed by atoms with Gasteiger partial charge in [0.2, 0.25) is 5.91 Å². The van der Waals surface area contributed by atoms with E-state index in [-0.39, 0.29) is 11.9 Å². The van der Waals surface area contributed by atoms with Crippen LogP contribution in [-0.2, 0) is 4.79 Å². The molecule has 0 bridgehead atoms. The third kappa shape index (κ3) is 4.20. The van der Waals surface area contributed by atoms with E-state index in [1.807, 2.05) is 18.7 Å². The van der Waals surface area contributed by atoms with E-state index in [4.69, 9.17) is 0 Å². The molecule has 0 saturated heterocycles. The summed E-state index contributed by atoms with van der Waals surface area (Å²) in [6.07, 6.45) is 5.59. The molecular formula is C14H24N2OS. The fourth-order valence-electron chi connectivity index (χ4n) is 2.38. The maximum atomic E-state index is 12.3. The molecule has 1 rings (SSSR count). The summed E-state index contributed by atoms with van der Waals surface area (Å²) in [7, 11) is 0. The molecule has 0 spiro atoms. The summed E-state index contributed by atoms with van der Waals surface area (Å²) >= 11 is 1.89. The van der Waals surface area contributed by atoms with Crippen LogP contribution in [-0.4, -0.2) is 23.5 Å². The zero-order chi connectivity index (χ0) is 13.4. The summed E-state index contributed by atoms with van der Waals surface area (Å²) < 4.78 is 0. The van der Waals surface area contributed by atoms with Crippen LogP contribution >= 0.6 is 11.8 Å². The average Bonchev–Trinajstić information content (AvgIpc) is 2.39. The molecule has 0 aromatic rings. The van der Waals surface area contributed by atoms with Crippen LogP contribution in [0.5, 0.6) is 0 Å². The Labute approximate surface area is 115 Å². The van der Waals surface area contributed by atoms with E-state index in [0.29, 0.717) is 0 Å². The smallest absolute Gasteiger partial charge is 0.240 e. The van der Waals surface area contributed by atoms with E-state index in [9.17, 15) is 10.1 Å². The maximum Gasteiger partial charge on any atom is 0.240 e. The molecule has 0 unspecified atom stereocenters. The van der Waals surface area contributed by atoms with E-state index >= 15 is 0 Å². The lowest BCUT2D eigenvalue weighted by Gasteiger charge is -2.30. The van der Waals surface area contributed by atoms with Crippen molar-refractivity contribution in [1.82, 2.24) is 5.32 Å². The first kappa shape index (κ1) is 15.4. The van der Waals surface area contributed by atoms with Crippen molar-refractivity contribution in [2.45, 2.75) is 58.4 Å². The summed E-state index contributed by atoms with van der Waals surface area (Å²) in [6, 6.07) is 2.44. The Morgan fingerprint density at radius 2 is 2.11 bits per heavy atom. The number of hydrogen-bond acceptors (Lipinski definition) is 3. The Hall–Kier alpha value is -0.690. The third-order valence-corrected chi connectivity index (χ3v) is 4.57. The van der Waals surface area contributed by atoms with Crippen molar-refractivity contribution in [3.63, 3.8) is 0 Å². The lowest BCUT2D eigenvalue weighted by molar-refractivity contribution is -0.130. The molecule has 1 fully saturated rings. The van der Waals surface area contributed by atoms with Gasteiger partial charge in [0.1, 0.15) is 5.41 Å². The van der Waals surface area contributed by atoms with Gasteiger partial charge in [-0.25, -0.2) is 0 Å². The second kappa shape index (κ2) is 7.68. The molecular weight excluding hydrogens is 244 g/mol. The van der Waals surface area contributed by atoms with Crippen molar-refractivity contribution in [3.8, 4) is 6.07 Å². The van der Waals surface area contributed by atoms with Crippen LogP contribution < -0.4 is 5.32 Å². The monoisotopic (exact) mass is 268 g/mol.